The molecule has 11 heteroatoms. The van der Waals surface area contributed by atoms with Crippen LogP contribution >= 0.6 is 0 Å². The molecule has 0 aliphatic carbocycles. The number of hydrogen-bond acceptors (Lipinski definition) is 7. The van der Waals surface area contributed by atoms with E-state index in [1.807, 2.05) is 11.8 Å². The van der Waals surface area contributed by atoms with Crippen LogP contribution in [0.15, 0.2) is 42.7 Å². The molecule has 0 bridgehead atoms. The first kappa shape index (κ1) is 24.4. The molecule has 4 rings (SSSR count). The molecule has 3 aromatic rings. The highest BCUT2D eigenvalue weighted by atomic mass is 19.1. The van der Waals surface area contributed by atoms with Crippen LogP contribution in [0.25, 0.3) is 11.3 Å². The largest absolute Gasteiger partial charge is 0.494 e. The number of hydrogen-bond donors (Lipinski definition) is 3. The number of carbonyl (C=O) groups excluding carboxylic acids is 1. The lowest BCUT2D eigenvalue weighted by molar-refractivity contribution is 0.0785. The lowest BCUT2D eigenvalue weighted by atomic mass is 9.92. The Kier molecular flexibility index (Phi) is 6.90. The van der Waals surface area contributed by atoms with E-state index >= 15 is 0 Å². The van der Waals surface area contributed by atoms with E-state index in [-0.39, 0.29) is 17.4 Å². The van der Waals surface area contributed by atoms with Crippen LogP contribution in [-0.4, -0.2) is 53.3 Å². The number of nitrogens with one attached hydrogen (secondary N) is 1. The number of rotatable bonds is 5. The zero-order valence-electron chi connectivity index (χ0n) is 19.0. The summed E-state index contributed by atoms with van der Waals surface area (Å²) in [5, 5.41) is 12.8. The van der Waals surface area contributed by atoms with Crippen molar-refractivity contribution in [3.63, 3.8) is 0 Å². The first-order chi connectivity index (χ1) is 16.7. The quantitative estimate of drug-likeness (QED) is 0.507. The maximum absolute atomic E-state index is 14.7. The first-order valence-electron chi connectivity index (χ1n) is 10.8. The van der Waals surface area contributed by atoms with Gasteiger partial charge in [-0.15, -0.1) is 0 Å². The fourth-order valence-electron chi connectivity index (χ4n) is 4.11. The van der Waals surface area contributed by atoms with Gasteiger partial charge in [-0.2, -0.15) is 0 Å². The van der Waals surface area contributed by atoms with Gasteiger partial charge in [-0.1, -0.05) is 6.92 Å². The van der Waals surface area contributed by atoms with Crippen LogP contribution in [0.3, 0.4) is 0 Å². The van der Waals surface area contributed by atoms with E-state index in [2.05, 4.69) is 15.3 Å². The minimum Gasteiger partial charge on any atom is -0.494 e. The van der Waals surface area contributed by atoms with E-state index in [4.69, 9.17) is 10.5 Å². The van der Waals surface area contributed by atoms with Gasteiger partial charge in [0, 0.05) is 31.2 Å². The number of nitrogens with zero attached hydrogens (tertiary/aromatic N) is 3. The summed E-state index contributed by atoms with van der Waals surface area (Å²) in [5.74, 6) is -4.34. The first-order valence-corrected chi connectivity index (χ1v) is 10.8. The summed E-state index contributed by atoms with van der Waals surface area (Å²) in [4.78, 5) is 22.9. The normalized spacial score (nSPS) is 20.0. The molecule has 8 nitrogen and oxygen atoms in total. The lowest BCUT2D eigenvalue weighted by Crippen LogP contribution is -2.55. The molecule has 0 spiro atoms. The third kappa shape index (κ3) is 4.77. The van der Waals surface area contributed by atoms with Crippen LogP contribution in [0.4, 0.5) is 24.5 Å². The highest BCUT2D eigenvalue weighted by molar-refractivity contribution is 6.04. The number of ether oxygens (including phenoxy) is 1. The third-order valence-corrected chi connectivity index (χ3v) is 5.94. The number of anilines is 2. The van der Waals surface area contributed by atoms with Crippen molar-refractivity contribution in [2.45, 2.75) is 19.1 Å². The van der Waals surface area contributed by atoms with E-state index in [9.17, 15) is 23.1 Å². The number of aliphatic hydroxyl groups is 1. The summed E-state index contributed by atoms with van der Waals surface area (Å²) < 4.78 is 48.5. The van der Waals surface area contributed by atoms with Crippen molar-refractivity contribution < 1.29 is 27.8 Å². The number of piperidine rings is 1. The maximum Gasteiger partial charge on any atom is 0.274 e. The topological polar surface area (TPSA) is 114 Å². The maximum atomic E-state index is 14.7. The van der Waals surface area contributed by atoms with Gasteiger partial charge in [-0.3, -0.25) is 9.78 Å². The van der Waals surface area contributed by atoms with E-state index in [0.717, 1.165) is 24.3 Å². The number of pyridine rings is 2. The Morgan fingerprint density at radius 3 is 2.63 bits per heavy atom. The van der Waals surface area contributed by atoms with Crippen LogP contribution in [0.1, 0.15) is 17.4 Å². The Bertz CT molecular complexity index is 1250. The molecule has 35 heavy (non-hydrogen) atoms. The monoisotopic (exact) mass is 487 g/mol. The molecule has 0 radical (unpaired) electrons. The number of benzene rings is 1. The van der Waals surface area contributed by atoms with Crippen molar-refractivity contribution in [1.82, 2.24) is 9.97 Å². The number of carbonyl (C=O) groups is 1. The Balaban J connectivity index is 1.65. The summed E-state index contributed by atoms with van der Waals surface area (Å²) in [5.41, 5.74) is 5.34. The highest BCUT2D eigenvalue weighted by Gasteiger charge is 2.32. The Morgan fingerprint density at radius 1 is 1.17 bits per heavy atom. The zero-order valence-corrected chi connectivity index (χ0v) is 19.0. The SMILES string of the molecule is COc1ccc(F)c(-c2nc(C(=O)Nc3cnccc3N3CC(C)C(O)C(N)C3)ccc2F)c1F. The second-order valence-electron chi connectivity index (χ2n) is 8.35. The standard InChI is InChI=1S/C24H24F3N5O3/c1-12-10-32(11-15(28)23(12)33)18-7-8-29-9-17(18)31-24(34)16-5-3-14(26)22(30-16)20-13(25)4-6-19(35-2)21(20)27/h3-9,12,15,23,33H,10-11,28H2,1-2H3,(H,31,34). The minimum absolute atomic E-state index is 0.107. The van der Waals surface area contributed by atoms with E-state index in [1.54, 1.807) is 12.3 Å². The van der Waals surface area contributed by atoms with E-state index in [1.165, 1.54) is 13.3 Å². The van der Waals surface area contributed by atoms with Crippen molar-refractivity contribution in [3.05, 3.63) is 65.9 Å². The molecular formula is C24H24F3N5O3. The van der Waals surface area contributed by atoms with Gasteiger partial charge in [0.2, 0.25) is 0 Å². The van der Waals surface area contributed by atoms with Gasteiger partial charge in [0.1, 0.15) is 23.0 Å². The Morgan fingerprint density at radius 2 is 1.91 bits per heavy atom. The third-order valence-electron chi connectivity index (χ3n) is 5.94. The van der Waals surface area contributed by atoms with Gasteiger partial charge in [0.05, 0.1) is 36.3 Å². The molecule has 1 fully saturated rings. The van der Waals surface area contributed by atoms with Gasteiger partial charge in [0.25, 0.3) is 5.91 Å². The molecule has 3 unspecified atom stereocenters. The Labute approximate surface area is 199 Å². The number of halogens is 3. The minimum atomic E-state index is -1.14. The van der Waals surface area contributed by atoms with E-state index < -0.39 is 46.8 Å². The van der Waals surface area contributed by atoms with Gasteiger partial charge >= 0.3 is 0 Å². The molecule has 1 saturated heterocycles. The summed E-state index contributed by atoms with van der Waals surface area (Å²) >= 11 is 0. The molecule has 3 atom stereocenters. The molecule has 0 saturated carbocycles. The zero-order chi connectivity index (χ0) is 25.3. The van der Waals surface area contributed by atoms with Crippen LogP contribution in [0, 0.1) is 23.4 Å². The van der Waals surface area contributed by atoms with Crippen molar-refractivity contribution in [3.8, 4) is 17.0 Å². The average Bonchev–Trinajstić information content (AvgIpc) is 2.83. The molecule has 1 aromatic carbocycles. The molecule has 1 aliphatic heterocycles. The van der Waals surface area contributed by atoms with Crippen molar-refractivity contribution in [2.75, 3.05) is 30.4 Å². The fraction of sp³-hybridized carbons (Fsp3) is 0.292. The predicted molar refractivity (Wildman–Crippen MR) is 124 cm³/mol. The predicted octanol–water partition coefficient (Wildman–Crippen LogP) is 2.97. The van der Waals surface area contributed by atoms with Gasteiger partial charge in [-0.25, -0.2) is 18.2 Å². The van der Waals surface area contributed by atoms with Gasteiger partial charge in [-0.05, 0) is 30.3 Å². The number of aromatic nitrogens is 2. The summed E-state index contributed by atoms with van der Waals surface area (Å²) in [7, 11) is 1.19. The summed E-state index contributed by atoms with van der Waals surface area (Å²) in [6, 6.07) is 5.22. The van der Waals surface area contributed by atoms with Gasteiger partial charge < -0.3 is 25.8 Å². The molecule has 2 aromatic heterocycles. The molecule has 1 amide bonds. The summed E-state index contributed by atoms with van der Waals surface area (Å²) in [6.45, 7) is 2.72. The fourth-order valence-corrected chi connectivity index (χ4v) is 4.11. The number of nitrogens with two attached hydrogens (primary N) is 1. The lowest BCUT2D eigenvalue weighted by Gasteiger charge is -2.40. The van der Waals surface area contributed by atoms with Crippen molar-refractivity contribution in [2.24, 2.45) is 11.7 Å². The molecular weight excluding hydrogens is 463 g/mol. The number of amides is 1. The van der Waals surface area contributed by atoms with E-state index in [0.29, 0.717) is 24.5 Å². The summed E-state index contributed by atoms with van der Waals surface area (Å²) in [6.07, 6.45) is 2.33. The van der Waals surface area contributed by atoms with Crippen molar-refractivity contribution >= 4 is 17.3 Å². The average molecular weight is 487 g/mol. The number of methoxy groups -OCH3 is 1. The van der Waals surface area contributed by atoms with Crippen LogP contribution in [0.5, 0.6) is 5.75 Å². The highest BCUT2D eigenvalue weighted by Crippen LogP contribution is 2.33. The smallest absolute Gasteiger partial charge is 0.274 e. The van der Waals surface area contributed by atoms with Crippen LogP contribution in [-0.2, 0) is 0 Å². The molecule has 3 heterocycles. The van der Waals surface area contributed by atoms with Crippen LogP contribution < -0.4 is 20.7 Å². The second-order valence-corrected chi connectivity index (χ2v) is 8.35. The van der Waals surface area contributed by atoms with Gasteiger partial charge in [0.15, 0.2) is 11.6 Å². The Hall–Kier alpha value is -3.70. The van der Waals surface area contributed by atoms with Crippen LogP contribution in [0.2, 0.25) is 0 Å². The molecule has 1 aliphatic rings. The second kappa shape index (κ2) is 9.88. The molecule has 184 valence electrons. The number of aliphatic hydroxyl groups excluding tert-OH is 1. The van der Waals surface area contributed by atoms with Crippen molar-refractivity contribution in [1.29, 1.82) is 0 Å². The molecule has 4 N–H and O–H groups in total.